The molecule has 192 valence electrons. The minimum Gasteiger partial charge on any atom is -0.491 e. The fourth-order valence-electron chi connectivity index (χ4n) is 4.29. The van der Waals surface area contributed by atoms with Crippen LogP contribution in [0.4, 0.5) is 8.78 Å². The summed E-state index contributed by atoms with van der Waals surface area (Å²) in [4.78, 5) is 26.7. The summed E-state index contributed by atoms with van der Waals surface area (Å²) in [6.07, 6.45) is 6.34. The molecule has 3 aromatic carbocycles. The van der Waals surface area contributed by atoms with Gasteiger partial charge >= 0.3 is 0 Å². The minimum absolute atomic E-state index is 0.101. The van der Waals surface area contributed by atoms with E-state index in [2.05, 4.69) is 10.3 Å². The highest BCUT2D eigenvalue weighted by Crippen LogP contribution is 2.34. The smallest absolute Gasteiger partial charge is 0.251 e. The average Bonchev–Trinajstić information content (AvgIpc) is 3.45. The molecule has 0 saturated heterocycles. The van der Waals surface area contributed by atoms with Crippen LogP contribution in [-0.4, -0.2) is 34.7 Å². The number of halogens is 2. The average molecular weight is 513 g/mol. The van der Waals surface area contributed by atoms with Crippen LogP contribution in [0.25, 0.3) is 33.5 Å². The molecule has 0 atom stereocenters. The van der Waals surface area contributed by atoms with Gasteiger partial charge in [-0.05, 0) is 80.4 Å². The Morgan fingerprint density at radius 2 is 1.71 bits per heavy atom. The first-order chi connectivity index (χ1) is 18.5. The van der Waals surface area contributed by atoms with E-state index in [1.54, 1.807) is 49.4 Å². The molecule has 0 saturated carbocycles. The SMILES string of the molecule is CCOc1cc(-c2nc3cc(C(=O)NCCCC4=NC=CC4)ccc3nc2-c2ccc(F)cc2)ccc1F. The lowest BCUT2D eigenvalue weighted by Gasteiger charge is -2.13. The van der Waals surface area contributed by atoms with Gasteiger partial charge in [0.05, 0.1) is 29.0 Å². The summed E-state index contributed by atoms with van der Waals surface area (Å²) in [5.41, 5.74) is 4.88. The molecule has 0 bridgehead atoms. The topological polar surface area (TPSA) is 76.5 Å². The number of amides is 1. The predicted octanol–water partition coefficient (Wildman–Crippen LogP) is 6.51. The Kier molecular flexibility index (Phi) is 7.49. The van der Waals surface area contributed by atoms with Crippen LogP contribution in [0.2, 0.25) is 0 Å². The van der Waals surface area contributed by atoms with Crippen molar-refractivity contribution in [3.8, 4) is 28.3 Å². The van der Waals surface area contributed by atoms with Crippen molar-refractivity contribution in [2.45, 2.75) is 26.2 Å². The number of benzene rings is 3. The summed E-state index contributed by atoms with van der Waals surface area (Å²) in [6.45, 7) is 2.61. The van der Waals surface area contributed by atoms with Crippen LogP contribution in [0.1, 0.15) is 36.5 Å². The maximum absolute atomic E-state index is 14.3. The van der Waals surface area contributed by atoms with Crippen molar-refractivity contribution in [3.63, 3.8) is 0 Å². The minimum atomic E-state index is -0.483. The summed E-state index contributed by atoms with van der Waals surface area (Å²) < 4.78 is 33.4. The van der Waals surface area contributed by atoms with E-state index in [1.165, 1.54) is 18.2 Å². The number of nitrogens with one attached hydrogen (secondary N) is 1. The van der Waals surface area contributed by atoms with Crippen molar-refractivity contribution in [1.29, 1.82) is 0 Å². The van der Waals surface area contributed by atoms with Gasteiger partial charge in [0, 0.05) is 41.6 Å². The van der Waals surface area contributed by atoms with E-state index < -0.39 is 5.82 Å². The van der Waals surface area contributed by atoms with Crippen LogP contribution in [0.15, 0.2) is 77.9 Å². The van der Waals surface area contributed by atoms with Gasteiger partial charge in [-0.15, -0.1) is 0 Å². The van der Waals surface area contributed by atoms with Gasteiger partial charge < -0.3 is 10.1 Å². The molecule has 6 nitrogen and oxygen atoms in total. The molecule has 0 fully saturated rings. The molecule has 4 aromatic rings. The number of ether oxygens (including phenoxy) is 1. The number of carbonyl (C=O) groups is 1. The third-order valence-electron chi connectivity index (χ3n) is 6.19. The van der Waals surface area contributed by atoms with E-state index in [-0.39, 0.29) is 17.5 Å². The Morgan fingerprint density at radius 1 is 0.947 bits per heavy atom. The molecule has 0 radical (unpaired) electrons. The van der Waals surface area contributed by atoms with Crippen LogP contribution in [0.5, 0.6) is 5.75 Å². The lowest BCUT2D eigenvalue weighted by Crippen LogP contribution is -2.24. The van der Waals surface area contributed by atoms with Gasteiger partial charge in [-0.1, -0.05) is 6.08 Å². The van der Waals surface area contributed by atoms with Crippen molar-refractivity contribution in [1.82, 2.24) is 15.3 Å². The number of fused-ring (bicyclic) bond motifs is 1. The van der Waals surface area contributed by atoms with Gasteiger partial charge in [-0.25, -0.2) is 18.7 Å². The van der Waals surface area contributed by atoms with Crippen LogP contribution in [0.3, 0.4) is 0 Å². The quantitative estimate of drug-likeness (QED) is 0.260. The molecule has 1 aromatic heterocycles. The van der Waals surface area contributed by atoms with Crippen LogP contribution >= 0.6 is 0 Å². The normalized spacial score (nSPS) is 12.6. The molecule has 38 heavy (non-hydrogen) atoms. The van der Waals surface area contributed by atoms with Gasteiger partial charge in [0.15, 0.2) is 11.6 Å². The second kappa shape index (κ2) is 11.3. The summed E-state index contributed by atoms with van der Waals surface area (Å²) in [7, 11) is 0. The number of aromatic nitrogens is 2. The number of nitrogens with zero attached hydrogens (tertiary/aromatic N) is 3. The molecular weight excluding hydrogens is 486 g/mol. The Hall–Kier alpha value is -4.46. The molecule has 0 unspecified atom stereocenters. The maximum Gasteiger partial charge on any atom is 0.251 e. The Balaban J connectivity index is 1.48. The highest BCUT2D eigenvalue weighted by Gasteiger charge is 2.17. The highest BCUT2D eigenvalue weighted by atomic mass is 19.1. The summed E-state index contributed by atoms with van der Waals surface area (Å²) in [5, 5.41) is 2.95. The lowest BCUT2D eigenvalue weighted by molar-refractivity contribution is 0.0953. The van der Waals surface area contributed by atoms with E-state index >= 15 is 0 Å². The molecule has 5 rings (SSSR count). The Labute approximate surface area is 219 Å². The van der Waals surface area contributed by atoms with Crippen LogP contribution < -0.4 is 10.1 Å². The van der Waals surface area contributed by atoms with Gasteiger partial charge in [0.1, 0.15) is 5.82 Å². The zero-order valence-electron chi connectivity index (χ0n) is 20.9. The summed E-state index contributed by atoms with van der Waals surface area (Å²) in [5.74, 6) is -0.954. The van der Waals surface area contributed by atoms with Crippen molar-refractivity contribution in [2.24, 2.45) is 4.99 Å². The monoisotopic (exact) mass is 512 g/mol. The molecule has 1 amide bonds. The molecule has 1 aliphatic heterocycles. The van der Waals surface area contributed by atoms with Crippen molar-refractivity contribution in [2.75, 3.05) is 13.2 Å². The van der Waals surface area contributed by atoms with E-state index in [4.69, 9.17) is 14.7 Å². The number of rotatable bonds is 9. The second-order valence-electron chi connectivity index (χ2n) is 8.85. The van der Waals surface area contributed by atoms with Crippen LogP contribution in [-0.2, 0) is 0 Å². The summed E-state index contributed by atoms with van der Waals surface area (Å²) >= 11 is 0. The molecular formula is C30H26F2N4O2. The molecule has 8 heteroatoms. The number of aliphatic imine (C=N–C) groups is 1. The molecule has 0 spiro atoms. The van der Waals surface area contributed by atoms with Gasteiger partial charge in [-0.3, -0.25) is 9.79 Å². The number of hydrogen-bond donors (Lipinski definition) is 1. The standard InChI is InChI=1S/C30H26F2N4O2/c1-2-38-27-18-20(9-13-24(27)32)29-28(19-7-11-22(31)12-8-19)35-25-14-10-21(17-26(25)36-29)30(37)34-16-4-6-23-5-3-15-33-23/h3,7-15,17-18H,2,4-6,16H2,1H3,(H,34,37). The molecule has 2 heterocycles. The third kappa shape index (κ3) is 5.59. The fourth-order valence-corrected chi connectivity index (χ4v) is 4.29. The first kappa shape index (κ1) is 25.2. The van der Waals surface area contributed by atoms with Gasteiger partial charge in [0.2, 0.25) is 0 Å². The second-order valence-corrected chi connectivity index (χ2v) is 8.85. The van der Waals surface area contributed by atoms with Gasteiger partial charge in [-0.2, -0.15) is 0 Å². The first-order valence-corrected chi connectivity index (χ1v) is 12.5. The predicted molar refractivity (Wildman–Crippen MR) is 144 cm³/mol. The third-order valence-corrected chi connectivity index (χ3v) is 6.19. The zero-order valence-corrected chi connectivity index (χ0v) is 20.9. The summed E-state index contributed by atoms with van der Waals surface area (Å²) in [6, 6.07) is 15.6. The maximum atomic E-state index is 14.3. The molecule has 1 aliphatic rings. The molecule has 0 aliphatic carbocycles. The zero-order chi connectivity index (χ0) is 26.5. The van der Waals surface area contributed by atoms with E-state index in [0.717, 1.165) is 25.0 Å². The van der Waals surface area contributed by atoms with Crippen molar-refractivity contribution < 1.29 is 18.3 Å². The van der Waals surface area contributed by atoms with Crippen molar-refractivity contribution in [3.05, 3.63) is 90.1 Å². The fraction of sp³-hybridized carbons (Fsp3) is 0.200. The largest absolute Gasteiger partial charge is 0.491 e. The Bertz CT molecular complexity index is 1550. The van der Waals surface area contributed by atoms with E-state index in [0.29, 0.717) is 52.3 Å². The number of hydrogen-bond acceptors (Lipinski definition) is 5. The first-order valence-electron chi connectivity index (χ1n) is 12.5. The van der Waals surface area contributed by atoms with E-state index in [9.17, 15) is 13.6 Å². The number of carbonyl (C=O) groups excluding carboxylic acids is 1. The highest BCUT2D eigenvalue weighted by molar-refractivity contribution is 5.98. The lowest BCUT2D eigenvalue weighted by atomic mass is 10.0. The van der Waals surface area contributed by atoms with E-state index in [1.807, 2.05) is 12.3 Å². The molecule has 1 N–H and O–H groups in total. The number of allylic oxidation sites excluding steroid dienone is 1. The van der Waals surface area contributed by atoms with Crippen LogP contribution in [0, 0.1) is 11.6 Å². The van der Waals surface area contributed by atoms with Crippen molar-refractivity contribution >= 4 is 22.7 Å². The van der Waals surface area contributed by atoms with Gasteiger partial charge in [0.25, 0.3) is 5.91 Å². The Morgan fingerprint density at radius 3 is 2.47 bits per heavy atom.